The molecule has 0 aromatic heterocycles. The summed E-state index contributed by atoms with van der Waals surface area (Å²) < 4.78 is 11.3. The minimum Gasteiger partial charge on any atom is -0.546 e. The Kier molecular flexibility index (Phi) is 6.75. The van der Waals surface area contributed by atoms with Crippen LogP contribution in [0.1, 0.15) is 43.1 Å². The third kappa shape index (κ3) is 5.36. The number of esters is 1. The van der Waals surface area contributed by atoms with Gasteiger partial charge in [0, 0.05) is 5.88 Å². The van der Waals surface area contributed by atoms with Crippen LogP contribution >= 0.6 is 11.6 Å². The SMILES string of the molecule is C[SiH](C)Oc1c(C(=O)OCCCCl)cccc1C(C)(C)C. The van der Waals surface area contributed by atoms with Gasteiger partial charge in [-0.1, -0.05) is 32.9 Å². The molecule has 0 spiro atoms. The lowest BCUT2D eigenvalue weighted by Gasteiger charge is -2.25. The quantitative estimate of drug-likeness (QED) is 0.341. The van der Waals surface area contributed by atoms with Gasteiger partial charge in [-0.3, -0.25) is 0 Å². The van der Waals surface area contributed by atoms with Crippen LogP contribution in [0.3, 0.4) is 0 Å². The van der Waals surface area contributed by atoms with Crippen LogP contribution in [0.25, 0.3) is 0 Å². The van der Waals surface area contributed by atoms with Crippen LogP contribution in [0, 0.1) is 0 Å². The zero-order valence-electron chi connectivity index (χ0n) is 13.5. The second kappa shape index (κ2) is 7.85. The van der Waals surface area contributed by atoms with Gasteiger partial charge in [0.05, 0.1) is 6.61 Å². The van der Waals surface area contributed by atoms with Crippen LogP contribution in [0.5, 0.6) is 5.75 Å². The minimum absolute atomic E-state index is 0.0922. The second-order valence-electron chi connectivity index (χ2n) is 6.28. The molecule has 21 heavy (non-hydrogen) atoms. The van der Waals surface area contributed by atoms with Gasteiger partial charge < -0.3 is 9.16 Å². The lowest BCUT2D eigenvalue weighted by molar-refractivity contribution is 0.0503. The Morgan fingerprint density at radius 1 is 1.29 bits per heavy atom. The Labute approximate surface area is 134 Å². The summed E-state index contributed by atoms with van der Waals surface area (Å²) in [6.45, 7) is 10.8. The maximum atomic E-state index is 12.3. The Morgan fingerprint density at radius 3 is 2.48 bits per heavy atom. The van der Waals surface area contributed by atoms with E-state index in [-0.39, 0.29) is 11.4 Å². The van der Waals surface area contributed by atoms with E-state index in [0.717, 1.165) is 5.56 Å². The van der Waals surface area contributed by atoms with E-state index in [0.29, 0.717) is 30.2 Å². The van der Waals surface area contributed by atoms with E-state index in [2.05, 4.69) is 33.9 Å². The fourth-order valence-electron chi connectivity index (χ4n) is 1.95. The summed E-state index contributed by atoms with van der Waals surface area (Å²) in [7, 11) is -1.33. The summed E-state index contributed by atoms with van der Waals surface area (Å²) in [4.78, 5) is 12.3. The molecular formula is C16H25ClO3Si. The highest BCUT2D eigenvalue weighted by molar-refractivity contribution is 6.49. The third-order valence-corrected chi connectivity index (χ3v) is 3.88. The van der Waals surface area contributed by atoms with E-state index in [4.69, 9.17) is 20.8 Å². The lowest BCUT2D eigenvalue weighted by Crippen LogP contribution is -2.21. The Balaban J connectivity index is 3.15. The summed E-state index contributed by atoms with van der Waals surface area (Å²) in [6.07, 6.45) is 0.654. The first-order chi connectivity index (χ1) is 9.77. The zero-order chi connectivity index (χ0) is 16.0. The molecule has 0 aliphatic heterocycles. The van der Waals surface area contributed by atoms with Gasteiger partial charge in [0.1, 0.15) is 11.3 Å². The number of ether oxygens (including phenoxy) is 1. The highest BCUT2D eigenvalue weighted by Crippen LogP contribution is 2.34. The molecule has 0 amide bonds. The molecule has 0 fully saturated rings. The van der Waals surface area contributed by atoms with Crippen LogP contribution in [-0.4, -0.2) is 27.5 Å². The molecule has 0 atom stereocenters. The molecule has 0 aliphatic rings. The number of alkyl halides is 1. The summed E-state index contributed by atoms with van der Waals surface area (Å²) in [5, 5.41) is 0. The average Bonchev–Trinajstić information content (AvgIpc) is 2.37. The number of para-hydroxylation sites is 1. The molecule has 0 bridgehead atoms. The molecule has 0 saturated heterocycles. The van der Waals surface area contributed by atoms with Crippen molar-refractivity contribution < 1.29 is 14.0 Å². The first-order valence-corrected chi connectivity index (χ1v) is 10.6. The number of halogens is 1. The van der Waals surface area contributed by atoms with E-state index in [1.807, 2.05) is 12.1 Å². The molecule has 3 nitrogen and oxygen atoms in total. The van der Waals surface area contributed by atoms with Gasteiger partial charge in [-0.2, -0.15) is 0 Å². The summed E-state index contributed by atoms with van der Waals surface area (Å²) in [6, 6.07) is 5.67. The number of rotatable bonds is 6. The molecule has 5 heteroatoms. The monoisotopic (exact) mass is 328 g/mol. The molecule has 1 aromatic rings. The van der Waals surface area contributed by atoms with Gasteiger partial charge in [-0.05, 0) is 36.6 Å². The standard InChI is InChI=1S/C16H25ClO3Si/c1-16(2,3)13-9-6-8-12(14(13)20-21(4)5)15(18)19-11-7-10-17/h6,8-9,21H,7,10-11H2,1-5H3. The van der Waals surface area contributed by atoms with Crippen molar-refractivity contribution in [1.82, 2.24) is 0 Å². The van der Waals surface area contributed by atoms with Gasteiger partial charge >= 0.3 is 5.97 Å². The van der Waals surface area contributed by atoms with Crippen LogP contribution < -0.4 is 4.43 Å². The largest absolute Gasteiger partial charge is 0.546 e. The average molecular weight is 329 g/mol. The van der Waals surface area contributed by atoms with Crippen molar-refractivity contribution in [2.24, 2.45) is 0 Å². The Bertz CT molecular complexity index is 481. The lowest BCUT2D eigenvalue weighted by atomic mass is 9.85. The molecule has 0 N–H and O–H groups in total. The molecule has 0 unspecified atom stereocenters. The van der Waals surface area contributed by atoms with Crippen molar-refractivity contribution >= 4 is 26.6 Å². The fraction of sp³-hybridized carbons (Fsp3) is 0.562. The van der Waals surface area contributed by atoms with Crippen LogP contribution in [-0.2, 0) is 10.2 Å². The van der Waals surface area contributed by atoms with Crippen LogP contribution in [0.4, 0.5) is 0 Å². The predicted octanol–water partition coefficient (Wildman–Crippen LogP) is 4.13. The first kappa shape index (κ1) is 18.0. The first-order valence-electron chi connectivity index (χ1n) is 7.30. The van der Waals surface area contributed by atoms with E-state index in [1.54, 1.807) is 6.07 Å². The van der Waals surface area contributed by atoms with Crippen LogP contribution in [0.15, 0.2) is 18.2 Å². The maximum Gasteiger partial charge on any atom is 0.341 e. The zero-order valence-corrected chi connectivity index (χ0v) is 15.4. The van der Waals surface area contributed by atoms with E-state index in [1.165, 1.54) is 0 Å². The number of carbonyl (C=O) groups excluding carboxylic acids is 1. The summed E-state index contributed by atoms with van der Waals surface area (Å²) in [5.74, 6) is 0.829. The summed E-state index contributed by atoms with van der Waals surface area (Å²) in [5.41, 5.74) is 1.46. The number of benzene rings is 1. The van der Waals surface area contributed by atoms with E-state index < -0.39 is 9.04 Å². The van der Waals surface area contributed by atoms with Gasteiger partial charge in [0.15, 0.2) is 0 Å². The van der Waals surface area contributed by atoms with Gasteiger partial charge in [0.25, 0.3) is 0 Å². The van der Waals surface area contributed by atoms with Crippen molar-refractivity contribution in [3.8, 4) is 5.75 Å². The van der Waals surface area contributed by atoms with Crippen molar-refractivity contribution in [2.45, 2.75) is 45.7 Å². The Hall–Kier alpha value is -1.00. The molecule has 1 aromatic carbocycles. The third-order valence-electron chi connectivity index (χ3n) is 2.91. The normalized spacial score (nSPS) is 11.6. The molecular weight excluding hydrogens is 304 g/mol. The van der Waals surface area contributed by atoms with Crippen molar-refractivity contribution in [3.63, 3.8) is 0 Å². The molecule has 118 valence electrons. The second-order valence-corrected chi connectivity index (χ2v) is 8.99. The number of carbonyl (C=O) groups is 1. The number of hydrogen-bond donors (Lipinski definition) is 0. The smallest absolute Gasteiger partial charge is 0.341 e. The molecule has 0 saturated carbocycles. The Morgan fingerprint density at radius 2 is 1.95 bits per heavy atom. The van der Waals surface area contributed by atoms with Crippen molar-refractivity contribution in [1.29, 1.82) is 0 Å². The molecule has 0 radical (unpaired) electrons. The van der Waals surface area contributed by atoms with Gasteiger partial charge in [-0.25, -0.2) is 4.79 Å². The maximum absolute atomic E-state index is 12.3. The van der Waals surface area contributed by atoms with Crippen molar-refractivity contribution in [2.75, 3.05) is 12.5 Å². The fourth-order valence-corrected chi connectivity index (χ4v) is 2.78. The van der Waals surface area contributed by atoms with Gasteiger partial charge in [-0.15, -0.1) is 11.6 Å². The highest BCUT2D eigenvalue weighted by atomic mass is 35.5. The minimum atomic E-state index is -1.33. The summed E-state index contributed by atoms with van der Waals surface area (Å²) >= 11 is 5.61. The topological polar surface area (TPSA) is 35.5 Å². The van der Waals surface area contributed by atoms with Gasteiger partial charge in [0.2, 0.25) is 9.04 Å². The predicted molar refractivity (Wildman–Crippen MR) is 90.3 cm³/mol. The molecule has 0 heterocycles. The molecule has 0 aliphatic carbocycles. The van der Waals surface area contributed by atoms with Crippen molar-refractivity contribution in [3.05, 3.63) is 29.3 Å². The highest BCUT2D eigenvalue weighted by Gasteiger charge is 2.25. The molecule has 1 rings (SSSR count). The number of hydrogen-bond acceptors (Lipinski definition) is 3. The van der Waals surface area contributed by atoms with E-state index in [9.17, 15) is 4.79 Å². The van der Waals surface area contributed by atoms with Crippen LogP contribution in [0.2, 0.25) is 13.1 Å². The van der Waals surface area contributed by atoms with E-state index >= 15 is 0 Å².